The molecule has 16 heavy (non-hydrogen) atoms. The van der Waals surface area contributed by atoms with E-state index in [1.165, 1.54) is 12.8 Å². The minimum Gasteiger partial charge on any atom is -0.397 e. The lowest BCUT2D eigenvalue weighted by Gasteiger charge is -2.39. The van der Waals surface area contributed by atoms with E-state index in [9.17, 15) is 0 Å². The first kappa shape index (κ1) is 11.6. The predicted octanol–water partition coefficient (Wildman–Crippen LogP) is 3.55. The van der Waals surface area contributed by atoms with Gasteiger partial charge < -0.3 is 10.6 Å². The topological polar surface area (TPSA) is 29.3 Å². The van der Waals surface area contributed by atoms with E-state index in [0.29, 0.717) is 6.04 Å². The van der Waals surface area contributed by atoms with E-state index in [-0.39, 0.29) is 0 Å². The highest BCUT2D eigenvalue weighted by Gasteiger charge is 2.24. The Morgan fingerprint density at radius 2 is 2.06 bits per heavy atom. The number of halogens is 1. The van der Waals surface area contributed by atoms with Crippen molar-refractivity contribution in [3.8, 4) is 0 Å². The van der Waals surface area contributed by atoms with Crippen LogP contribution in [0.1, 0.15) is 26.7 Å². The Morgan fingerprint density at radius 3 is 2.81 bits per heavy atom. The van der Waals surface area contributed by atoms with Crippen LogP contribution in [0.5, 0.6) is 0 Å². The average Bonchev–Trinajstić information content (AvgIpc) is 2.25. The van der Waals surface area contributed by atoms with Gasteiger partial charge in [0.15, 0.2) is 0 Å². The molecule has 0 amide bonds. The first-order valence-corrected chi connectivity index (χ1v) is 6.27. The van der Waals surface area contributed by atoms with Crippen molar-refractivity contribution in [1.82, 2.24) is 0 Å². The summed E-state index contributed by atoms with van der Waals surface area (Å²) in [6.07, 6.45) is 2.53. The molecular weight excluding hydrogens is 220 g/mol. The summed E-state index contributed by atoms with van der Waals surface area (Å²) in [5.41, 5.74) is 7.94. The molecule has 0 bridgehead atoms. The van der Waals surface area contributed by atoms with Crippen LogP contribution in [0.25, 0.3) is 0 Å². The summed E-state index contributed by atoms with van der Waals surface area (Å²) in [5, 5.41) is 0.759. The number of hydrogen-bond acceptors (Lipinski definition) is 2. The number of benzene rings is 1. The van der Waals surface area contributed by atoms with Gasteiger partial charge in [0, 0.05) is 17.6 Å². The summed E-state index contributed by atoms with van der Waals surface area (Å²) in [4.78, 5) is 2.38. The van der Waals surface area contributed by atoms with Gasteiger partial charge in [-0.1, -0.05) is 18.5 Å². The highest BCUT2D eigenvalue weighted by molar-refractivity contribution is 6.31. The maximum atomic E-state index is 6.04. The quantitative estimate of drug-likeness (QED) is 0.759. The van der Waals surface area contributed by atoms with Crippen LogP contribution in [-0.4, -0.2) is 12.6 Å². The fraction of sp³-hybridized carbons (Fsp3) is 0.538. The van der Waals surface area contributed by atoms with Crippen molar-refractivity contribution in [2.24, 2.45) is 5.92 Å². The molecule has 0 saturated carbocycles. The van der Waals surface area contributed by atoms with Gasteiger partial charge in [-0.2, -0.15) is 0 Å². The molecule has 0 radical (unpaired) electrons. The number of nitrogen functional groups attached to an aromatic ring is 1. The molecule has 88 valence electrons. The lowest BCUT2D eigenvalue weighted by atomic mass is 9.94. The predicted molar refractivity (Wildman–Crippen MR) is 71.1 cm³/mol. The third-order valence-electron chi connectivity index (χ3n) is 3.42. The van der Waals surface area contributed by atoms with Crippen molar-refractivity contribution in [3.05, 3.63) is 23.2 Å². The zero-order valence-corrected chi connectivity index (χ0v) is 10.7. The van der Waals surface area contributed by atoms with Crippen molar-refractivity contribution in [2.75, 3.05) is 17.2 Å². The number of anilines is 2. The molecule has 1 heterocycles. The Kier molecular flexibility index (Phi) is 3.29. The van der Waals surface area contributed by atoms with Crippen molar-refractivity contribution in [2.45, 2.75) is 32.7 Å². The normalized spacial score (nSPS) is 25.8. The summed E-state index contributed by atoms with van der Waals surface area (Å²) >= 11 is 6.04. The minimum atomic E-state index is 0.553. The molecule has 2 atom stereocenters. The fourth-order valence-corrected chi connectivity index (χ4v) is 2.56. The average molecular weight is 239 g/mol. The lowest BCUT2D eigenvalue weighted by Crippen LogP contribution is -2.41. The zero-order chi connectivity index (χ0) is 11.7. The van der Waals surface area contributed by atoms with Crippen LogP contribution in [0, 0.1) is 5.92 Å². The first-order valence-electron chi connectivity index (χ1n) is 5.89. The van der Waals surface area contributed by atoms with Gasteiger partial charge in [0.1, 0.15) is 0 Å². The summed E-state index contributed by atoms with van der Waals surface area (Å²) in [7, 11) is 0. The third-order valence-corrected chi connectivity index (χ3v) is 3.65. The number of nitrogens with two attached hydrogens (primary N) is 1. The number of rotatable bonds is 1. The van der Waals surface area contributed by atoms with Crippen LogP contribution in [0.4, 0.5) is 11.4 Å². The van der Waals surface area contributed by atoms with Crippen LogP contribution < -0.4 is 10.6 Å². The number of hydrogen-bond donors (Lipinski definition) is 1. The molecule has 2 N–H and O–H groups in total. The van der Waals surface area contributed by atoms with Gasteiger partial charge in [0.25, 0.3) is 0 Å². The van der Waals surface area contributed by atoms with Crippen LogP contribution in [0.15, 0.2) is 18.2 Å². The van der Waals surface area contributed by atoms with Gasteiger partial charge in [0.2, 0.25) is 0 Å². The molecule has 2 rings (SSSR count). The zero-order valence-electron chi connectivity index (χ0n) is 9.91. The first-order chi connectivity index (χ1) is 7.58. The second-order valence-electron chi connectivity index (χ2n) is 4.89. The number of nitrogens with zero attached hydrogens (tertiary/aromatic N) is 1. The molecule has 0 spiro atoms. The SMILES string of the molecule is CC1CCC(C)N(c2cc(Cl)ccc2N)C1. The molecule has 2 unspecified atom stereocenters. The standard InChI is InChI=1S/C13H19ClN2/c1-9-3-4-10(2)16(8-9)13-7-11(14)5-6-12(13)15/h5-7,9-10H,3-4,8,15H2,1-2H3. The highest BCUT2D eigenvalue weighted by Crippen LogP contribution is 2.33. The van der Waals surface area contributed by atoms with E-state index in [4.69, 9.17) is 17.3 Å². The van der Waals surface area contributed by atoms with Gasteiger partial charge in [-0.15, -0.1) is 0 Å². The Hall–Kier alpha value is -0.890. The third kappa shape index (κ3) is 2.27. The van der Waals surface area contributed by atoms with E-state index >= 15 is 0 Å². The van der Waals surface area contributed by atoms with E-state index in [1.54, 1.807) is 0 Å². The molecule has 1 aliphatic rings. The molecule has 1 aromatic rings. The van der Waals surface area contributed by atoms with Gasteiger partial charge in [0.05, 0.1) is 11.4 Å². The summed E-state index contributed by atoms with van der Waals surface area (Å²) in [5.74, 6) is 0.731. The Morgan fingerprint density at radius 1 is 1.31 bits per heavy atom. The lowest BCUT2D eigenvalue weighted by molar-refractivity contribution is 0.390. The molecule has 1 saturated heterocycles. The highest BCUT2D eigenvalue weighted by atomic mass is 35.5. The Bertz CT molecular complexity index is 378. The van der Waals surface area contributed by atoms with Crippen molar-refractivity contribution < 1.29 is 0 Å². The van der Waals surface area contributed by atoms with Crippen LogP contribution in [0.2, 0.25) is 5.02 Å². The van der Waals surface area contributed by atoms with E-state index < -0.39 is 0 Å². The summed E-state index contributed by atoms with van der Waals surface area (Å²) in [6.45, 7) is 5.62. The molecule has 3 heteroatoms. The maximum absolute atomic E-state index is 6.04. The van der Waals surface area contributed by atoms with E-state index in [1.807, 2.05) is 18.2 Å². The van der Waals surface area contributed by atoms with Gasteiger partial charge >= 0.3 is 0 Å². The molecular formula is C13H19ClN2. The van der Waals surface area contributed by atoms with Gasteiger partial charge in [-0.25, -0.2) is 0 Å². The van der Waals surface area contributed by atoms with Crippen LogP contribution in [0.3, 0.4) is 0 Å². The second-order valence-corrected chi connectivity index (χ2v) is 5.32. The second kappa shape index (κ2) is 4.54. The molecule has 1 fully saturated rings. The summed E-state index contributed by atoms with van der Waals surface area (Å²) in [6, 6.07) is 6.27. The van der Waals surface area contributed by atoms with Gasteiger partial charge in [-0.3, -0.25) is 0 Å². The molecule has 0 aliphatic carbocycles. The molecule has 1 aliphatic heterocycles. The Labute approximate surface area is 102 Å². The smallest absolute Gasteiger partial charge is 0.0617 e. The van der Waals surface area contributed by atoms with E-state index in [2.05, 4.69) is 18.7 Å². The number of piperidine rings is 1. The van der Waals surface area contributed by atoms with Crippen molar-refractivity contribution in [3.63, 3.8) is 0 Å². The van der Waals surface area contributed by atoms with Crippen LogP contribution in [-0.2, 0) is 0 Å². The van der Waals surface area contributed by atoms with Gasteiger partial charge in [-0.05, 0) is 43.9 Å². The largest absolute Gasteiger partial charge is 0.397 e. The molecule has 0 aromatic heterocycles. The molecule has 1 aromatic carbocycles. The minimum absolute atomic E-state index is 0.553. The summed E-state index contributed by atoms with van der Waals surface area (Å²) < 4.78 is 0. The molecule has 2 nitrogen and oxygen atoms in total. The van der Waals surface area contributed by atoms with Crippen LogP contribution >= 0.6 is 11.6 Å². The maximum Gasteiger partial charge on any atom is 0.0617 e. The van der Waals surface area contributed by atoms with Crippen molar-refractivity contribution >= 4 is 23.0 Å². The Balaban J connectivity index is 2.30. The fourth-order valence-electron chi connectivity index (χ4n) is 2.39. The van der Waals surface area contributed by atoms with E-state index in [0.717, 1.165) is 28.9 Å². The monoisotopic (exact) mass is 238 g/mol. The van der Waals surface area contributed by atoms with Crippen molar-refractivity contribution in [1.29, 1.82) is 0 Å².